The lowest BCUT2D eigenvalue weighted by molar-refractivity contribution is 0.312. The third kappa shape index (κ3) is 2.53. The molecule has 0 atom stereocenters. The van der Waals surface area contributed by atoms with Crippen molar-refractivity contribution < 1.29 is 0 Å². The number of halogens is 1. The second-order valence-corrected chi connectivity index (χ2v) is 5.92. The molecule has 3 rings (SSSR count). The molecular weight excluding hydrogens is 306 g/mol. The molecule has 1 aliphatic heterocycles. The fourth-order valence-electron chi connectivity index (χ4n) is 2.44. The number of likely N-dealkylation sites (N-methyl/N-ethyl adjacent to an activating group) is 1. The molecule has 1 aliphatic rings. The van der Waals surface area contributed by atoms with Crippen LogP contribution in [0.1, 0.15) is 0 Å². The lowest BCUT2D eigenvalue weighted by Crippen LogP contribution is -2.45. The quantitative estimate of drug-likeness (QED) is 0.873. The van der Waals surface area contributed by atoms with Gasteiger partial charge in [0.05, 0.1) is 0 Å². The third-order valence-electron chi connectivity index (χ3n) is 3.64. The number of aromatic nitrogens is 1. The number of fused-ring (bicyclic) bond motifs is 1. The van der Waals surface area contributed by atoms with E-state index in [0.717, 1.165) is 47.2 Å². The summed E-state index contributed by atoms with van der Waals surface area (Å²) in [5.41, 5.74) is -0.0206. The smallest absolute Gasteiger partial charge is 0.257 e. The van der Waals surface area contributed by atoms with Crippen molar-refractivity contribution >= 4 is 32.5 Å². The van der Waals surface area contributed by atoms with Crippen molar-refractivity contribution in [2.24, 2.45) is 0 Å². The van der Waals surface area contributed by atoms with E-state index < -0.39 is 0 Å². The summed E-state index contributed by atoms with van der Waals surface area (Å²) in [7, 11) is 2.12. The van der Waals surface area contributed by atoms with Crippen LogP contribution in [0.4, 0.5) is 5.82 Å². The van der Waals surface area contributed by atoms with Crippen LogP contribution in [0.15, 0.2) is 33.5 Å². The van der Waals surface area contributed by atoms with Crippen molar-refractivity contribution in [3.63, 3.8) is 0 Å². The van der Waals surface area contributed by atoms with E-state index in [4.69, 9.17) is 0 Å². The van der Waals surface area contributed by atoms with Crippen molar-refractivity contribution in [3.8, 4) is 0 Å². The number of benzene rings is 1. The zero-order chi connectivity index (χ0) is 13.4. The molecule has 5 heteroatoms. The molecule has 1 N–H and O–H groups in total. The van der Waals surface area contributed by atoms with Gasteiger partial charge in [-0.3, -0.25) is 4.79 Å². The van der Waals surface area contributed by atoms with Gasteiger partial charge in [0.1, 0.15) is 5.82 Å². The van der Waals surface area contributed by atoms with Gasteiger partial charge in [-0.25, -0.2) is 0 Å². The Morgan fingerprint density at radius 1 is 1.16 bits per heavy atom. The number of hydrogen-bond acceptors (Lipinski definition) is 3. The fourth-order valence-corrected chi connectivity index (χ4v) is 2.80. The topological polar surface area (TPSA) is 39.3 Å². The molecule has 100 valence electrons. The maximum absolute atomic E-state index is 12.1. The molecule has 2 aromatic rings. The monoisotopic (exact) mass is 321 g/mol. The Balaban J connectivity index is 2.01. The van der Waals surface area contributed by atoms with E-state index in [1.54, 1.807) is 0 Å². The van der Waals surface area contributed by atoms with Gasteiger partial charge < -0.3 is 14.8 Å². The Morgan fingerprint density at radius 2 is 1.89 bits per heavy atom. The number of pyridine rings is 1. The summed E-state index contributed by atoms with van der Waals surface area (Å²) in [6.45, 7) is 3.96. The summed E-state index contributed by atoms with van der Waals surface area (Å²) in [6.07, 6.45) is 0. The number of nitrogens with zero attached hydrogens (tertiary/aromatic N) is 2. The Morgan fingerprint density at radius 3 is 2.63 bits per heavy atom. The minimum atomic E-state index is -0.0206. The van der Waals surface area contributed by atoms with Gasteiger partial charge in [0, 0.05) is 36.0 Å². The molecule has 0 aliphatic carbocycles. The number of piperazine rings is 1. The third-order valence-corrected chi connectivity index (χ3v) is 4.13. The van der Waals surface area contributed by atoms with Crippen molar-refractivity contribution in [2.45, 2.75) is 0 Å². The van der Waals surface area contributed by atoms with E-state index in [0.29, 0.717) is 0 Å². The number of anilines is 1. The molecule has 0 bridgehead atoms. The highest BCUT2D eigenvalue weighted by Gasteiger charge is 2.15. The molecule has 1 fully saturated rings. The largest absolute Gasteiger partial charge is 0.356 e. The van der Waals surface area contributed by atoms with Crippen LogP contribution >= 0.6 is 15.9 Å². The average Bonchev–Trinajstić information content (AvgIpc) is 2.40. The number of hydrogen-bond donors (Lipinski definition) is 1. The summed E-state index contributed by atoms with van der Waals surface area (Å²) in [4.78, 5) is 19.7. The summed E-state index contributed by atoms with van der Waals surface area (Å²) in [6, 6.07) is 7.88. The highest BCUT2D eigenvalue weighted by Crippen LogP contribution is 2.21. The number of aromatic amines is 1. The van der Waals surface area contributed by atoms with E-state index in [9.17, 15) is 4.79 Å². The summed E-state index contributed by atoms with van der Waals surface area (Å²) in [5, 5.41) is 1.72. The van der Waals surface area contributed by atoms with Crippen molar-refractivity contribution in [2.75, 3.05) is 38.1 Å². The van der Waals surface area contributed by atoms with Gasteiger partial charge in [0.2, 0.25) is 0 Å². The molecule has 0 amide bonds. The van der Waals surface area contributed by atoms with E-state index >= 15 is 0 Å². The maximum atomic E-state index is 12.1. The van der Waals surface area contributed by atoms with Gasteiger partial charge in [-0.2, -0.15) is 0 Å². The van der Waals surface area contributed by atoms with Gasteiger partial charge in [-0.05, 0) is 30.6 Å². The SMILES string of the molecule is CN1CCN(c2cc3ccc(Br)cc3c(=O)[nH]2)CC1. The predicted molar refractivity (Wildman–Crippen MR) is 82.0 cm³/mol. The van der Waals surface area contributed by atoms with Crippen LogP contribution in [0.2, 0.25) is 0 Å². The Bertz CT molecular complexity index is 659. The summed E-state index contributed by atoms with van der Waals surface area (Å²) >= 11 is 3.40. The van der Waals surface area contributed by atoms with E-state index in [1.807, 2.05) is 18.2 Å². The second-order valence-electron chi connectivity index (χ2n) is 5.01. The zero-order valence-corrected chi connectivity index (χ0v) is 12.4. The zero-order valence-electron chi connectivity index (χ0n) is 10.8. The van der Waals surface area contributed by atoms with E-state index in [-0.39, 0.29) is 5.56 Å². The molecule has 2 heterocycles. The highest BCUT2D eigenvalue weighted by atomic mass is 79.9. The van der Waals surface area contributed by atoms with Crippen LogP contribution in [-0.2, 0) is 0 Å². The fraction of sp³-hybridized carbons (Fsp3) is 0.357. The molecule has 0 spiro atoms. The maximum Gasteiger partial charge on any atom is 0.257 e. The first-order valence-corrected chi connectivity index (χ1v) is 7.19. The van der Waals surface area contributed by atoms with Crippen molar-refractivity contribution in [1.29, 1.82) is 0 Å². The van der Waals surface area contributed by atoms with Crippen molar-refractivity contribution in [3.05, 3.63) is 39.1 Å². The predicted octanol–water partition coefficient (Wildman–Crippen LogP) is 2.04. The number of nitrogens with one attached hydrogen (secondary N) is 1. The molecule has 4 nitrogen and oxygen atoms in total. The van der Waals surface area contributed by atoms with E-state index in [1.165, 1.54) is 0 Å². The number of rotatable bonds is 1. The Hall–Kier alpha value is -1.33. The average molecular weight is 322 g/mol. The molecule has 1 aromatic heterocycles. The lowest BCUT2D eigenvalue weighted by Gasteiger charge is -2.33. The van der Waals surface area contributed by atoms with Crippen LogP contribution in [0.3, 0.4) is 0 Å². The Labute approximate surface area is 120 Å². The van der Waals surface area contributed by atoms with Gasteiger partial charge >= 0.3 is 0 Å². The molecule has 1 aromatic carbocycles. The van der Waals surface area contributed by atoms with Gasteiger partial charge in [-0.1, -0.05) is 22.0 Å². The highest BCUT2D eigenvalue weighted by molar-refractivity contribution is 9.10. The van der Waals surface area contributed by atoms with Crippen LogP contribution in [-0.4, -0.2) is 43.1 Å². The first kappa shape index (κ1) is 12.7. The standard InChI is InChI=1S/C14H16BrN3O/c1-17-4-6-18(7-5-17)13-8-10-2-3-11(15)9-12(10)14(19)16-13/h2-3,8-9H,4-7H2,1H3,(H,16,19). The van der Waals surface area contributed by atoms with Crippen LogP contribution in [0, 0.1) is 0 Å². The van der Waals surface area contributed by atoms with Crippen LogP contribution in [0.25, 0.3) is 10.8 Å². The molecule has 19 heavy (non-hydrogen) atoms. The van der Waals surface area contributed by atoms with Crippen LogP contribution in [0.5, 0.6) is 0 Å². The summed E-state index contributed by atoms with van der Waals surface area (Å²) in [5.74, 6) is 0.924. The molecular formula is C14H16BrN3O. The Kier molecular flexibility index (Phi) is 3.33. The molecule has 1 saturated heterocycles. The van der Waals surface area contributed by atoms with Gasteiger partial charge in [0.25, 0.3) is 5.56 Å². The molecule has 0 saturated carbocycles. The van der Waals surface area contributed by atoms with Crippen LogP contribution < -0.4 is 10.5 Å². The molecule has 0 unspecified atom stereocenters. The minimum absolute atomic E-state index is 0.0206. The van der Waals surface area contributed by atoms with Crippen molar-refractivity contribution in [1.82, 2.24) is 9.88 Å². The van der Waals surface area contributed by atoms with Gasteiger partial charge in [-0.15, -0.1) is 0 Å². The molecule has 0 radical (unpaired) electrons. The minimum Gasteiger partial charge on any atom is -0.356 e. The summed E-state index contributed by atoms with van der Waals surface area (Å²) < 4.78 is 0.929. The second kappa shape index (κ2) is 4.98. The van der Waals surface area contributed by atoms with E-state index in [2.05, 4.69) is 43.8 Å². The van der Waals surface area contributed by atoms with Gasteiger partial charge in [0.15, 0.2) is 0 Å². The first-order valence-electron chi connectivity index (χ1n) is 6.39. The normalized spacial score (nSPS) is 17.1. The first-order chi connectivity index (χ1) is 9.13. The lowest BCUT2D eigenvalue weighted by atomic mass is 10.1. The number of H-pyrrole nitrogens is 1.